The second-order valence-corrected chi connectivity index (χ2v) is 5.34. The lowest BCUT2D eigenvalue weighted by Gasteiger charge is -2.27. The second kappa shape index (κ2) is 6.70. The first kappa shape index (κ1) is 15.4. The van der Waals surface area contributed by atoms with Crippen LogP contribution in [-0.2, 0) is 4.74 Å². The van der Waals surface area contributed by atoms with E-state index < -0.39 is 0 Å². The molecule has 1 N–H and O–H groups in total. The standard InChI is InChI=1S/C16H19N5O2/c1-11-14(20-15(22)13-5-3-4-6-17-13)12(2)19-16(18-11)21-7-9-23-10-8-21/h3-6H,7-10H2,1-2H3,(H,20,22). The van der Waals surface area contributed by atoms with Gasteiger partial charge in [-0.3, -0.25) is 9.78 Å². The fraction of sp³-hybridized carbons (Fsp3) is 0.375. The van der Waals surface area contributed by atoms with Crippen LogP contribution in [0.4, 0.5) is 11.6 Å². The van der Waals surface area contributed by atoms with Crippen molar-refractivity contribution in [3.8, 4) is 0 Å². The Morgan fingerprint density at radius 1 is 1.17 bits per heavy atom. The number of rotatable bonds is 3. The Bertz CT molecular complexity index is 676. The minimum absolute atomic E-state index is 0.264. The smallest absolute Gasteiger partial charge is 0.274 e. The molecular formula is C16H19N5O2. The summed E-state index contributed by atoms with van der Waals surface area (Å²) in [6.07, 6.45) is 1.59. The third-order valence-electron chi connectivity index (χ3n) is 3.69. The molecule has 0 atom stereocenters. The van der Waals surface area contributed by atoms with E-state index in [1.807, 2.05) is 13.8 Å². The maximum Gasteiger partial charge on any atom is 0.274 e. The van der Waals surface area contributed by atoms with E-state index in [2.05, 4.69) is 25.2 Å². The van der Waals surface area contributed by atoms with Gasteiger partial charge < -0.3 is 15.0 Å². The lowest BCUT2D eigenvalue weighted by atomic mass is 10.2. The Kier molecular flexibility index (Phi) is 4.47. The van der Waals surface area contributed by atoms with Crippen molar-refractivity contribution < 1.29 is 9.53 Å². The highest BCUT2D eigenvalue weighted by Gasteiger charge is 2.18. The Labute approximate surface area is 134 Å². The van der Waals surface area contributed by atoms with Crippen molar-refractivity contribution in [2.24, 2.45) is 0 Å². The van der Waals surface area contributed by atoms with Crippen LogP contribution in [-0.4, -0.2) is 47.2 Å². The van der Waals surface area contributed by atoms with Gasteiger partial charge in [0.2, 0.25) is 5.95 Å². The molecule has 23 heavy (non-hydrogen) atoms. The highest BCUT2D eigenvalue weighted by Crippen LogP contribution is 2.21. The number of anilines is 2. The number of hydrogen-bond acceptors (Lipinski definition) is 6. The predicted molar refractivity (Wildman–Crippen MR) is 86.7 cm³/mol. The van der Waals surface area contributed by atoms with Crippen molar-refractivity contribution in [2.45, 2.75) is 13.8 Å². The van der Waals surface area contributed by atoms with E-state index in [-0.39, 0.29) is 5.91 Å². The van der Waals surface area contributed by atoms with E-state index in [1.54, 1.807) is 24.4 Å². The van der Waals surface area contributed by atoms with Crippen molar-refractivity contribution in [3.63, 3.8) is 0 Å². The third kappa shape index (κ3) is 3.45. The Hall–Kier alpha value is -2.54. The number of nitrogens with zero attached hydrogens (tertiary/aromatic N) is 4. The fourth-order valence-corrected chi connectivity index (χ4v) is 2.46. The lowest BCUT2D eigenvalue weighted by molar-refractivity contribution is 0.102. The summed E-state index contributed by atoms with van der Waals surface area (Å²) in [6.45, 7) is 6.65. The third-order valence-corrected chi connectivity index (χ3v) is 3.69. The number of nitrogens with one attached hydrogen (secondary N) is 1. The van der Waals surface area contributed by atoms with Crippen LogP contribution in [0.3, 0.4) is 0 Å². The zero-order valence-corrected chi connectivity index (χ0v) is 13.2. The van der Waals surface area contributed by atoms with Crippen LogP contribution >= 0.6 is 0 Å². The molecule has 1 saturated heterocycles. The molecule has 0 unspecified atom stereocenters. The predicted octanol–water partition coefficient (Wildman–Crippen LogP) is 1.58. The summed E-state index contributed by atoms with van der Waals surface area (Å²) >= 11 is 0. The number of ether oxygens (including phenoxy) is 1. The van der Waals surface area contributed by atoms with Gasteiger partial charge in [-0.25, -0.2) is 9.97 Å². The molecular weight excluding hydrogens is 294 g/mol. The van der Waals surface area contributed by atoms with Gasteiger partial charge in [0.25, 0.3) is 5.91 Å². The molecule has 2 aromatic rings. The first-order valence-electron chi connectivity index (χ1n) is 7.55. The molecule has 7 heteroatoms. The van der Waals surface area contributed by atoms with E-state index in [1.165, 1.54) is 0 Å². The van der Waals surface area contributed by atoms with Crippen LogP contribution in [0.15, 0.2) is 24.4 Å². The first-order valence-corrected chi connectivity index (χ1v) is 7.55. The summed E-state index contributed by atoms with van der Waals surface area (Å²) < 4.78 is 5.35. The molecule has 7 nitrogen and oxygen atoms in total. The number of aryl methyl sites for hydroxylation is 2. The summed E-state index contributed by atoms with van der Waals surface area (Å²) in [4.78, 5) is 27.4. The van der Waals surface area contributed by atoms with E-state index in [0.717, 1.165) is 24.5 Å². The molecule has 0 aromatic carbocycles. The number of aromatic nitrogens is 3. The summed E-state index contributed by atoms with van der Waals surface area (Å²) in [6, 6.07) is 5.22. The molecule has 120 valence electrons. The Morgan fingerprint density at radius 3 is 2.48 bits per heavy atom. The second-order valence-electron chi connectivity index (χ2n) is 5.34. The number of carbonyl (C=O) groups excluding carboxylic acids is 1. The quantitative estimate of drug-likeness (QED) is 0.926. The lowest BCUT2D eigenvalue weighted by Crippen LogP contribution is -2.37. The molecule has 0 radical (unpaired) electrons. The number of amides is 1. The maximum absolute atomic E-state index is 12.2. The summed E-state index contributed by atoms with van der Waals surface area (Å²) in [7, 11) is 0. The van der Waals surface area contributed by atoms with Crippen molar-refractivity contribution in [3.05, 3.63) is 41.5 Å². The molecule has 1 amide bonds. The number of morpholine rings is 1. The fourth-order valence-electron chi connectivity index (χ4n) is 2.46. The number of hydrogen-bond donors (Lipinski definition) is 1. The Morgan fingerprint density at radius 2 is 1.87 bits per heavy atom. The van der Waals surface area contributed by atoms with Crippen molar-refractivity contribution >= 4 is 17.5 Å². The molecule has 1 fully saturated rings. The average Bonchev–Trinajstić information content (AvgIpc) is 2.59. The summed E-state index contributed by atoms with van der Waals surface area (Å²) in [5, 5.41) is 2.86. The molecule has 0 saturated carbocycles. The van der Waals surface area contributed by atoms with Crippen LogP contribution in [0.1, 0.15) is 21.9 Å². The molecule has 1 aliphatic rings. The van der Waals surface area contributed by atoms with Gasteiger partial charge in [0.1, 0.15) is 5.69 Å². The van der Waals surface area contributed by atoms with Crippen LogP contribution in [0, 0.1) is 13.8 Å². The monoisotopic (exact) mass is 313 g/mol. The van der Waals surface area contributed by atoms with Crippen LogP contribution in [0.2, 0.25) is 0 Å². The first-order chi connectivity index (χ1) is 11.1. The van der Waals surface area contributed by atoms with Gasteiger partial charge in [-0.1, -0.05) is 6.07 Å². The van der Waals surface area contributed by atoms with E-state index in [4.69, 9.17) is 4.74 Å². The van der Waals surface area contributed by atoms with Gasteiger partial charge in [-0.2, -0.15) is 0 Å². The van der Waals surface area contributed by atoms with Crippen molar-refractivity contribution in [2.75, 3.05) is 36.5 Å². The van der Waals surface area contributed by atoms with Crippen LogP contribution in [0.5, 0.6) is 0 Å². The molecule has 0 bridgehead atoms. The van der Waals surface area contributed by atoms with E-state index in [9.17, 15) is 4.79 Å². The van der Waals surface area contributed by atoms with Gasteiger partial charge in [0.05, 0.1) is 30.3 Å². The molecule has 2 aromatic heterocycles. The molecule has 0 spiro atoms. The highest BCUT2D eigenvalue weighted by atomic mass is 16.5. The Balaban J connectivity index is 1.81. The molecule has 0 aliphatic carbocycles. The van der Waals surface area contributed by atoms with Crippen molar-refractivity contribution in [1.29, 1.82) is 0 Å². The normalized spacial score (nSPS) is 14.6. The highest BCUT2D eigenvalue weighted by molar-refractivity contribution is 6.03. The number of pyridine rings is 1. The molecule has 3 rings (SSSR count). The molecule has 3 heterocycles. The minimum Gasteiger partial charge on any atom is -0.378 e. The molecule has 1 aliphatic heterocycles. The van der Waals surface area contributed by atoms with Gasteiger partial charge in [0, 0.05) is 19.3 Å². The zero-order chi connectivity index (χ0) is 16.2. The van der Waals surface area contributed by atoms with Crippen LogP contribution in [0.25, 0.3) is 0 Å². The average molecular weight is 313 g/mol. The SMILES string of the molecule is Cc1nc(N2CCOCC2)nc(C)c1NC(=O)c1ccccn1. The van der Waals surface area contributed by atoms with Crippen molar-refractivity contribution in [1.82, 2.24) is 15.0 Å². The zero-order valence-electron chi connectivity index (χ0n) is 13.2. The summed E-state index contributed by atoms with van der Waals surface area (Å²) in [5.41, 5.74) is 2.48. The maximum atomic E-state index is 12.2. The topological polar surface area (TPSA) is 80.2 Å². The van der Waals surface area contributed by atoms with Gasteiger partial charge in [-0.05, 0) is 26.0 Å². The van der Waals surface area contributed by atoms with E-state index in [0.29, 0.717) is 30.5 Å². The van der Waals surface area contributed by atoms with Crippen LogP contribution < -0.4 is 10.2 Å². The van der Waals surface area contributed by atoms with Gasteiger partial charge in [0.15, 0.2) is 0 Å². The summed E-state index contributed by atoms with van der Waals surface area (Å²) in [5.74, 6) is 0.415. The van der Waals surface area contributed by atoms with E-state index >= 15 is 0 Å². The minimum atomic E-state index is -0.264. The van der Waals surface area contributed by atoms with Gasteiger partial charge in [-0.15, -0.1) is 0 Å². The van der Waals surface area contributed by atoms with Gasteiger partial charge >= 0.3 is 0 Å². The largest absolute Gasteiger partial charge is 0.378 e. The number of carbonyl (C=O) groups is 1.